The number of hydrogen-bond acceptors (Lipinski definition) is 3. The van der Waals surface area contributed by atoms with Gasteiger partial charge in [0.2, 0.25) is 0 Å². The van der Waals surface area contributed by atoms with Crippen molar-refractivity contribution < 1.29 is 0 Å². The topological polar surface area (TPSA) is 42.7 Å². The predicted octanol–water partition coefficient (Wildman–Crippen LogP) is 2.93. The Morgan fingerprint density at radius 1 is 1.38 bits per heavy atom. The zero-order valence-electron chi connectivity index (χ0n) is 12.9. The minimum absolute atomic E-state index is 0.335. The first kappa shape index (κ1) is 16.0. The van der Waals surface area contributed by atoms with E-state index in [1.54, 1.807) is 6.20 Å². The van der Waals surface area contributed by atoms with Crippen LogP contribution >= 0.6 is 11.6 Å². The lowest BCUT2D eigenvalue weighted by molar-refractivity contribution is 0.490. The Morgan fingerprint density at radius 2 is 2.19 bits per heavy atom. The molecule has 1 atom stereocenters. The van der Waals surface area contributed by atoms with Crippen molar-refractivity contribution in [2.45, 2.75) is 39.2 Å². The minimum Gasteiger partial charge on any atom is -0.313 e. The van der Waals surface area contributed by atoms with Crippen LogP contribution in [0.3, 0.4) is 0 Å². The first-order valence-corrected chi connectivity index (χ1v) is 7.79. The average Bonchev–Trinajstić information content (AvgIpc) is 2.72. The SMILES string of the molecule is CCCNC(Cc1cccnc1)Cc1c(Cl)c(C)nn1C. The number of rotatable bonds is 7. The molecule has 21 heavy (non-hydrogen) atoms. The summed E-state index contributed by atoms with van der Waals surface area (Å²) in [7, 11) is 1.95. The number of aromatic nitrogens is 3. The van der Waals surface area contributed by atoms with Gasteiger partial charge < -0.3 is 5.32 Å². The van der Waals surface area contributed by atoms with E-state index in [0.717, 1.165) is 42.2 Å². The lowest BCUT2D eigenvalue weighted by atomic mass is 10.0. The molecule has 0 radical (unpaired) electrons. The van der Waals surface area contributed by atoms with Gasteiger partial charge in [0, 0.05) is 31.9 Å². The van der Waals surface area contributed by atoms with E-state index in [9.17, 15) is 0 Å². The Hall–Kier alpha value is -1.39. The van der Waals surface area contributed by atoms with Crippen molar-refractivity contribution in [2.24, 2.45) is 7.05 Å². The number of nitrogens with zero attached hydrogens (tertiary/aromatic N) is 3. The van der Waals surface area contributed by atoms with Gasteiger partial charge in [-0.1, -0.05) is 24.6 Å². The van der Waals surface area contributed by atoms with Crippen LogP contribution in [0.1, 0.15) is 30.3 Å². The van der Waals surface area contributed by atoms with Crippen molar-refractivity contribution in [2.75, 3.05) is 6.54 Å². The van der Waals surface area contributed by atoms with Gasteiger partial charge in [0.15, 0.2) is 0 Å². The Balaban J connectivity index is 2.12. The van der Waals surface area contributed by atoms with Gasteiger partial charge in [-0.05, 0) is 37.9 Å². The lowest BCUT2D eigenvalue weighted by Crippen LogP contribution is -2.34. The van der Waals surface area contributed by atoms with Gasteiger partial charge in [-0.15, -0.1) is 0 Å². The first-order valence-electron chi connectivity index (χ1n) is 7.42. The van der Waals surface area contributed by atoms with E-state index in [-0.39, 0.29) is 0 Å². The first-order chi connectivity index (χ1) is 10.1. The van der Waals surface area contributed by atoms with E-state index in [1.165, 1.54) is 5.56 Å². The zero-order chi connectivity index (χ0) is 15.2. The molecular weight excluding hydrogens is 284 g/mol. The van der Waals surface area contributed by atoms with Crippen LogP contribution in [0.25, 0.3) is 0 Å². The van der Waals surface area contributed by atoms with E-state index in [2.05, 4.69) is 28.4 Å². The second-order valence-electron chi connectivity index (χ2n) is 5.39. The molecule has 4 nitrogen and oxygen atoms in total. The highest BCUT2D eigenvalue weighted by Crippen LogP contribution is 2.21. The van der Waals surface area contributed by atoms with Crippen molar-refractivity contribution in [3.05, 3.63) is 46.5 Å². The van der Waals surface area contributed by atoms with Crippen molar-refractivity contribution in [3.8, 4) is 0 Å². The Labute approximate surface area is 131 Å². The third-order valence-electron chi connectivity index (χ3n) is 3.59. The van der Waals surface area contributed by atoms with Crippen LogP contribution in [0.5, 0.6) is 0 Å². The van der Waals surface area contributed by atoms with Gasteiger partial charge in [-0.2, -0.15) is 5.10 Å². The lowest BCUT2D eigenvalue weighted by Gasteiger charge is -2.19. The molecule has 2 aromatic rings. The molecule has 2 heterocycles. The van der Waals surface area contributed by atoms with E-state index < -0.39 is 0 Å². The molecule has 0 aromatic carbocycles. The summed E-state index contributed by atoms with van der Waals surface area (Å²) in [6.07, 6.45) is 6.65. The third-order valence-corrected chi connectivity index (χ3v) is 4.08. The third kappa shape index (κ3) is 4.29. The zero-order valence-corrected chi connectivity index (χ0v) is 13.7. The summed E-state index contributed by atoms with van der Waals surface area (Å²) in [6.45, 7) is 5.12. The standard InChI is InChI=1S/C16H23ClN4/c1-4-7-19-14(9-13-6-5-8-18-11-13)10-15-16(17)12(2)20-21(15)3/h5-6,8,11,14,19H,4,7,9-10H2,1-3H3. The second kappa shape index (κ2) is 7.57. The van der Waals surface area contributed by atoms with Gasteiger partial charge in [0.05, 0.1) is 16.4 Å². The van der Waals surface area contributed by atoms with E-state index >= 15 is 0 Å². The molecule has 114 valence electrons. The van der Waals surface area contributed by atoms with Crippen molar-refractivity contribution in [1.82, 2.24) is 20.1 Å². The van der Waals surface area contributed by atoms with Gasteiger partial charge in [-0.3, -0.25) is 9.67 Å². The number of pyridine rings is 1. The van der Waals surface area contributed by atoms with Crippen LogP contribution in [0, 0.1) is 6.92 Å². The molecule has 5 heteroatoms. The van der Waals surface area contributed by atoms with Crippen LogP contribution in [0.15, 0.2) is 24.5 Å². The monoisotopic (exact) mass is 306 g/mol. The molecule has 0 aliphatic rings. The Bertz CT molecular complexity index is 565. The normalized spacial score (nSPS) is 12.6. The van der Waals surface area contributed by atoms with Gasteiger partial charge in [0.1, 0.15) is 0 Å². The summed E-state index contributed by atoms with van der Waals surface area (Å²) >= 11 is 6.37. The summed E-state index contributed by atoms with van der Waals surface area (Å²) in [4.78, 5) is 4.19. The molecule has 0 bridgehead atoms. The minimum atomic E-state index is 0.335. The van der Waals surface area contributed by atoms with Crippen molar-refractivity contribution in [3.63, 3.8) is 0 Å². The number of nitrogens with one attached hydrogen (secondary N) is 1. The summed E-state index contributed by atoms with van der Waals surface area (Å²) in [5, 5.41) is 8.78. The molecule has 0 saturated carbocycles. The number of aryl methyl sites for hydroxylation is 2. The highest BCUT2D eigenvalue weighted by atomic mass is 35.5. The molecule has 0 saturated heterocycles. The highest BCUT2D eigenvalue weighted by molar-refractivity contribution is 6.31. The highest BCUT2D eigenvalue weighted by Gasteiger charge is 2.17. The maximum absolute atomic E-state index is 6.37. The van der Waals surface area contributed by atoms with Crippen LogP contribution in [-0.2, 0) is 19.9 Å². The van der Waals surface area contributed by atoms with Gasteiger partial charge in [-0.25, -0.2) is 0 Å². The maximum Gasteiger partial charge on any atom is 0.0847 e. The van der Waals surface area contributed by atoms with E-state index in [4.69, 9.17) is 11.6 Å². The van der Waals surface area contributed by atoms with Gasteiger partial charge in [0.25, 0.3) is 0 Å². The molecule has 0 fully saturated rings. The summed E-state index contributed by atoms with van der Waals surface area (Å²) in [6, 6.07) is 4.43. The van der Waals surface area contributed by atoms with Crippen LogP contribution < -0.4 is 5.32 Å². The maximum atomic E-state index is 6.37. The van der Waals surface area contributed by atoms with Crippen LogP contribution in [-0.4, -0.2) is 27.4 Å². The van der Waals surface area contributed by atoms with Gasteiger partial charge >= 0.3 is 0 Å². The Morgan fingerprint density at radius 3 is 2.76 bits per heavy atom. The molecule has 1 N–H and O–H groups in total. The quantitative estimate of drug-likeness (QED) is 0.855. The second-order valence-corrected chi connectivity index (χ2v) is 5.77. The van der Waals surface area contributed by atoms with Crippen LogP contribution in [0.2, 0.25) is 5.02 Å². The average molecular weight is 307 g/mol. The summed E-state index contributed by atoms with van der Waals surface area (Å²) in [5.41, 5.74) is 3.22. The smallest absolute Gasteiger partial charge is 0.0847 e. The number of halogens is 1. The summed E-state index contributed by atoms with van der Waals surface area (Å²) in [5.74, 6) is 0. The molecule has 2 rings (SSSR count). The fourth-order valence-electron chi connectivity index (χ4n) is 2.50. The molecule has 0 aliphatic heterocycles. The van der Waals surface area contributed by atoms with E-state index in [0.29, 0.717) is 6.04 Å². The molecule has 0 aliphatic carbocycles. The number of hydrogen-bond donors (Lipinski definition) is 1. The molecule has 1 unspecified atom stereocenters. The molecular formula is C16H23ClN4. The molecule has 2 aromatic heterocycles. The Kier molecular flexibility index (Phi) is 5.76. The van der Waals surface area contributed by atoms with Crippen LogP contribution in [0.4, 0.5) is 0 Å². The molecule has 0 spiro atoms. The van der Waals surface area contributed by atoms with Crippen molar-refractivity contribution in [1.29, 1.82) is 0 Å². The predicted molar refractivity (Wildman–Crippen MR) is 86.7 cm³/mol. The molecule has 0 amide bonds. The van der Waals surface area contributed by atoms with E-state index in [1.807, 2.05) is 30.9 Å². The van der Waals surface area contributed by atoms with Crippen molar-refractivity contribution >= 4 is 11.6 Å². The fraction of sp³-hybridized carbons (Fsp3) is 0.500. The fourth-order valence-corrected chi connectivity index (χ4v) is 2.74. The summed E-state index contributed by atoms with van der Waals surface area (Å²) < 4.78 is 1.89. The largest absolute Gasteiger partial charge is 0.313 e.